The van der Waals surface area contributed by atoms with Crippen molar-refractivity contribution in [1.29, 1.82) is 0 Å². The second-order valence-corrected chi connectivity index (χ2v) is 25.3. The molecule has 0 saturated heterocycles. The van der Waals surface area contributed by atoms with Gasteiger partial charge < -0.3 is 0 Å². The molecule has 1 unspecified atom stereocenters. The summed E-state index contributed by atoms with van der Waals surface area (Å²) in [7, 11) is 0. The van der Waals surface area contributed by atoms with Crippen molar-refractivity contribution in [3.05, 3.63) is 64.7 Å². The van der Waals surface area contributed by atoms with E-state index >= 15 is 0 Å². The van der Waals surface area contributed by atoms with Crippen molar-refractivity contribution in [3.8, 4) is 0 Å². The third-order valence-electron chi connectivity index (χ3n) is 6.58. The minimum absolute atomic E-state index is 0.727. The number of aryl methyl sites for hydroxylation is 3. The molecule has 166 valence electrons. The van der Waals surface area contributed by atoms with Crippen LogP contribution in [0, 0.1) is 20.8 Å². The van der Waals surface area contributed by atoms with E-state index in [0.717, 1.165) is 3.27 Å². The molecule has 2 aromatic rings. The van der Waals surface area contributed by atoms with E-state index in [2.05, 4.69) is 95.8 Å². The fourth-order valence-electron chi connectivity index (χ4n) is 5.00. The van der Waals surface area contributed by atoms with Gasteiger partial charge in [-0.3, -0.25) is 0 Å². The second-order valence-electron chi connectivity index (χ2n) is 9.31. The molecule has 0 spiro atoms. The van der Waals surface area contributed by atoms with Gasteiger partial charge in [0.05, 0.1) is 0 Å². The third-order valence-corrected chi connectivity index (χ3v) is 28.0. The van der Waals surface area contributed by atoms with E-state index in [0.29, 0.717) is 0 Å². The van der Waals surface area contributed by atoms with Crippen molar-refractivity contribution in [1.82, 2.24) is 0 Å². The van der Waals surface area contributed by atoms with Crippen LogP contribution in [-0.4, -0.2) is 18.4 Å². The van der Waals surface area contributed by atoms with Gasteiger partial charge in [-0.2, -0.15) is 0 Å². The van der Waals surface area contributed by atoms with Crippen molar-refractivity contribution in [2.24, 2.45) is 0 Å². The summed E-state index contributed by atoms with van der Waals surface area (Å²) in [5.74, 6) is 0. The molecule has 0 bridgehead atoms. The molecule has 2 rings (SSSR count). The summed E-state index contributed by atoms with van der Waals surface area (Å²) in [6.45, 7) is 14.0. The summed E-state index contributed by atoms with van der Waals surface area (Å²) in [6, 6.07) is 16.4. The van der Waals surface area contributed by atoms with Gasteiger partial charge in [-0.1, -0.05) is 0 Å². The standard InChI is InChI=1S/C16H17S.3C4H9.Sn/c1-12-9-13(2)16(14(3)10-12)17-11-15-7-5-4-6-8-15;3*1-3-4-2;/h4-11H,1-3H3;3*1,3-4H2,2H3;. The van der Waals surface area contributed by atoms with E-state index in [-0.39, 0.29) is 0 Å². The number of unbranched alkanes of at least 4 members (excludes halogenated alkanes) is 3. The van der Waals surface area contributed by atoms with Crippen LogP contribution in [0.25, 0.3) is 0 Å². The van der Waals surface area contributed by atoms with Crippen LogP contribution in [0.2, 0.25) is 13.3 Å². The topological polar surface area (TPSA) is 0 Å². The van der Waals surface area contributed by atoms with E-state index in [9.17, 15) is 0 Å². The van der Waals surface area contributed by atoms with Crippen LogP contribution in [0.3, 0.4) is 0 Å². The molecule has 2 aromatic carbocycles. The van der Waals surface area contributed by atoms with Crippen LogP contribution in [0.5, 0.6) is 0 Å². The summed E-state index contributed by atoms with van der Waals surface area (Å²) in [4.78, 5) is 1.56. The molecule has 30 heavy (non-hydrogen) atoms. The number of hydrogen-bond donors (Lipinski definition) is 0. The Balaban J connectivity index is 2.57. The first kappa shape index (κ1) is 25.8. The van der Waals surface area contributed by atoms with Crippen molar-refractivity contribution in [2.75, 3.05) is 0 Å². The Morgan fingerprint density at radius 2 is 1.20 bits per heavy atom. The zero-order chi connectivity index (χ0) is 22.0. The van der Waals surface area contributed by atoms with Gasteiger partial charge in [0.25, 0.3) is 0 Å². The maximum absolute atomic E-state index is 2.47. The molecule has 0 saturated carbocycles. The Labute approximate surface area is 195 Å². The molecular weight excluding hydrogens is 487 g/mol. The Hall–Kier alpha value is -0.411. The molecule has 0 heterocycles. The molecule has 0 aliphatic rings. The second kappa shape index (κ2) is 13.2. The normalized spacial score (nSPS) is 12.9. The van der Waals surface area contributed by atoms with E-state index in [1.807, 2.05) is 0 Å². The minimum atomic E-state index is -2.47. The van der Waals surface area contributed by atoms with Crippen LogP contribution in [-0.2, 0) is 0 Å². The number of hydrogen-bond acceptors (Lipinski definition) is 1. The quantitative estimate of drug-likeness (QED) is 0.183. The fraction of sp³-hybridized carbons (Fsp3) is 0.571. The average Bonchev–Trinajstić information content (AvgIpc) is 2.74. The van der Waals surface area contributed by atoms with Crippen LogP contribution in [0.1, 0.15) is 84.8 Å². The zero-order valence-electron chi connectivity index (χ0n) is 20.4. The van der Waals surface area contributed by atoms with Gasteiger partial charge in [-0.15, -0.1) is 0 Å². The van der Waals surface area contributed by atoms with Gasteiger partial charge in [-0.25, -0.2) is 0 Å². The van der Waals surface area contributed by atoms with Gasteiger partial charge in [0, 0.05) is 0 Å². The molecule has 0 amide bonds. The van der Waals surface area contributed by atoms with E-state index < -0.39 is 18.4 Å². The summed E-state index contributed by atoms with van der Waals surface area (Å²) in [6.07, 6.45) is 8.31. The zero-order valence-corrected chi connectivity index (χ0v) is 24.1. The molecule has 2 heteroatoms. The molecule has 0 N–H and O–H groups in total. The van der Waals surface area contributed by atoms with Crippen LogP contribution < -0.4 is 0 Å². The molecule has 0 fully saturated rings. The maximum atomic E-state index is 2.44. The fourth-order valence-corrected chi connectivity index (χ4v) is 27.8. The summed E-state index contributed by atoms with van der Waals surface area (Å²) >= 11 is -0.216. The first-order valence-corrected chi connectivity index (χ1v) is 20.8. The van der Waals surface area contributed by atoms with Crippen LogP contribution in [0.4, 0.5) is 0 Å². The average molecular weight is 531 g/mol. The molecule has 0 aliphatic heterocycles. The van der Waals surface area contributed by atoms with E-state index in [1.54, 1.807) is 23.8 Å². The summed E-state index contributed by atoms with van der Waals surface area (Å²) in [5.41, 5.74) is 5.95. The Bertz CT molecular complexity index is 708. The van der Waals surface area contributed by atoms with Crippen molar-refractivity contribution >= 4 is 30.1 Å². The van der Waals surface area contributed by atoms with E-state index in [4.69, 9.17) is 0 Å². The van der Waals surface area contributed by atoms with Crippen molar-refractivity contribution < 1.29 is 0 Å². The monoisotopic (exact) mass is 532 g/mol. The molecule has 0 nitrogen and oxygen atoms in total. The molecule has 0 radical (unpaired) electrons. The summed E-state index contributed by atoms with van der Waals surface area (Å²) in [5, 5.41) is 0. The van der Waals surface area contributed by atoms with Gasteiger partial charge in [0.1, 0.15) is 0 Å². The first-order valence-electron chi connectivity index (χ1n) is 12.3. The van der Waals surface area contributed by atoms with Crippen molar-refractivity contribution in [2.45, 2.75) is 102 Å². The Kier molecular flexibility index (Phi) is 11.4. The SMILES string of the molecule is CCC[CH2][Sn]([CH2]CCC)([CH2]CCC)[CH](Sc1c(C)cc(C)cc1C)c1ccccc1. The van der Waals surface area contributed by atoms with Crippen molar-refractivity contribution in [3.63, 3.8) is 0 Å². The van der Waals surface area contributed by atoms with Gasteiger partial charge in [0.15, 0.2) is 0 Å². The van der Waals surface area contributed by atoms with Gasteiger partial charge in [0.2, 0.25) is 0 Å². The molecule has 0 aromatic heterocycles. The molecule has 0 aliphatic carbocycles. The number of rotatable bonds is 13. The number of thioether (sulfide) groups is 1. The number of benzene rings is 2. The summed E-state index contributed by atoms with van der Waals surface area (Å²) < 4.78 is 5.40. The van der Waals surface area contributed by atoms with Gasteiger partial charge >= 0.3 is 196 Å². The first-order chi connectivity index (χ1) is 14.5. The third kappa shape index (κ3) is 7.05. The Morgan fingerprint density at radius 1 is 0.733 bits per heavy atom. The van der Waals surface area contributed by atoms with E-state index in [1.165, 1.54) is 55.2 Å². The predicted octanol–water partition coefficient (Wildman–Crippen LogP) is 9.83. The molecular formula is C28H44SSn. The molecule has 1 atom stereocenters. The van der Waals surface area contributed by atoms with Crippen LogP contribution in [0.15, 0.2) is 47.4 Å². The Morgan fingerprint density at radius 3 is 1.63 bits per heavy atom. The van der Waals surface area contributed by atoms with Crippen LogP contribution >= 0.6 is 11.8 Å². The van der Waals surface area contributed by atoms with Gasteiger partial charge in [-0.05, 0) is 0 Å². The predicted molar refractivity (Wildman–Crippen MR) is 141 cm³/mol.